The van der Waals surface area contributed by atoms with Gasteiger partial charge in [-0.3, -0.25) is 9.89 Å². The maximum Gasteiger partial charge on any atom is 0.274 e. The van der Waals surface area contributed by atoms with E-state index in [4.69, 9.17) is 4.74 Å². The van der Waals surface area contributed by atoms with Gasteiger partial charge in [-0.15, -0.1) is 0 Å². The maximum atomic E-state index is 12.5. The molecule has 1 fully saturated rings. The van der Waals surface area contributed by atoms with Crippen molar-refractivity contribution in [3.8, 4) is 0 Å². The molecule has 122 valence electrons. The van der Waals surface area contributed by atoms with Crippen molar-refractivity contribution in [2.24, 2.45) is 0 Å². The normalized spacial score (nSPS) is 14.8. The predicted octanol–water partition coefficient (Wildman–Crippen LogP) is 1.44. The van der Waals surface area contributed by atoms with Gasteiger partial charge in [-0.05, 0) is 18.2 Å². The van der Waals surface area contributed by atoms with E-state index in [0.717, 1.165) is 29.8 Å². The van der Waals surface area contributed by atoms with Crippen LogP contribution in [0, 0.1) is 0 Å². The summed E-state index contributed by atoms with van der Waals surface area (Å²) in [5.41, 5.74) is 1.88. The van der Waals surface area contributed by atoms with Crippen LogP contribution in [0.2, 0.25) is 0 Å². The van der Waals surface area contributed by atoms with Gasteiger partial charge in [0.25, 0.3) is 5.91 Å². The molecule has 0 aliphatic carbocycles. The lowest BCUT2D eigenvalue weighted by Gasteiger charge is -2.27. The van der Waals surface area contributed by atoms with Crippen molar-refractivity contribution >= 4 is 28.3 Å². The number of ether oxygens (including phenoxy) is 1. The molecule has 3 heterocycles. The smallest absolute Gasteiger partial charge is 0.274 e. The average Bonchev–Trinajstić information content (AvgIpc) is 3.10. The predicted molar refractivity (Wildman–Crippen MR) is 89.1 cm³/mol. The number of anilines is 2. The van der Waals surface area contributed by atoms with Crippen LogP contribution < -0.4 is 10.2 Å². The summed E-state index contributed by atoms with van der Waals surface area (Å²) in [5, 5.41) is 10.7. The second kappa shape index (κ2) is 6.25. The van der Waals surface area contributed by atoms with E-state index < -0.39 is 0 Å². The Bertz CT molecular complexity index is 872. The molecule has 4 rings (SSSR count). The molecule has 2 aromatic heterocycles. The Labute approximate surface area is 137 Å². The summed E-state index contributed by atoms with van der Waals surface area (Å²) in [6.45, 7) is 2.84. The van der Waals surface area contributed by atoms with Gasteiger partial charge in [0.05, 0.1) is 24.9 Å². The van der Waals surface area contributed by atoms with Crippen molar-refractivity contribution in [1.29, 1.82) is 0 Å². The molecular formula is C16H16N6O2. The van der Waals surface area contributed by atoms with Crippen LogP contribution in [0.25, 0.3) is 10.9 Å². The third kappa shape index (κ3) is 2.91. The van der Waals surface area contributed by atoms with Crippen molar-refractivity contribution < 1.29 is 9.53 Å². The van der Waals surface area contributed by atoms with Crippen LogP contribution in [-0.4, -0.2) is 52.4 Å². The molecule has 3 aromatic rings. The number of nitrogens with zero attached hydrogens (tertiary/aromatic N) is 4. The summed E-state index contributed by atoms with van der Waals surface area (Å²) < 4.78 is 5.33. The highest BCUT2D eigenvalue weighted by Crippen LogP contribution is 2.18. The Hall–Kier alpha value is -3.00. The van der Waals surface area contributed by atoms with Crippen LogP contribution in [0.3, 0.4) is 0 Å². The number of amides is 1. The van der Waals surface area contributed by atoms with E-state index in [1.165, 1.54) is 6.33 Å². The van der Waals surface area contributed by atoms with Gasteiger partial charge in [0.15, 0.2) is 0 Å². The van der Waals surface area contributed by atoms with Gasteiger partial charge in [-0.1, -0.05) is 0 Å². The molecule has 1 saturated heterocycles. The first-order chi connectivity index (χ1) is 11.8. The van der Waals surface area contributed by atoms with E-state index in [9.17, 15) is 4.79 Å². The minimum atomic E-state index is -0.272. The lowest BCUT2D eigenvalue weighted by Crippen LogP contribution is -2.37. The molecule has 8 nitrogen and oxygen atoms in total. The van der Waals surface area contributed by atoms with Gasteiger partial charge in [0.1, 0.15) is 17.8 Å². The molecule has 0 bridgehead atoms. The monoisotopic (exact) mass is 324 g/mol. The number of carbonyl (C=O) groups is 1. The molecule has 1 aliphatic heterocycles. The number of morpholine rings is 1. The zero-order valence-electron chi connectivity index (χ0n) is 12.9. The topological polar surface area (TPSA) is 96.0 Å². The highest BCUT2D eigenvalue weighted by Gasteiger charge is 2.15. The number of hydrogen-bond donors (Lipinski definition) is 2. The Morgan fingerprint density at radius 2 is 2.08 bits per heavy atom. The third-order valence-electron chi connectivity index (χ3n) is 3.92. The molecule has 0 atom stereocenters. The second-order valence-corrected chi connectivity index (χ2v) is 5.49. The van der Waals surface area contributed by atoms with Gasteiger partial charge in [-0.25, -0.2) is 9.97 Å². The van der Waals surface area contributed by atoms with Crippen molar-refractivity contribution in [2.75, 3.05) is 36.5 Å². The number of rotatable bonds is 3. The molecule has 24 heavy (non-hydrogen) atoms. The van der Waals surface area contributed by atoms with E-state index in [2.05, 4.69) is 30.4 Å². The molecule has 1 amide bonds. The largest absolute Gasteiger partial charge is 0.378 e. The number of fused-ring (bicyclic) bond motifs is 1. The Morgan fingerprint density at radius 1 is 1.21 bits per heavy atom. The molecule has 0 spiro atoms. The molecule has 0 radical (unpaired) electrons. The average molecular weight is 324 g/mol. The summed E-state index contributed by atoms with van der Waals surface area (Å²) in [4.78, 5) is 22.9. The van der Waals surface area contributed by atoms with Crippen molar-refractivity contribution in [2.45, 2.75) is 0 Å². The first kappa shape index (κ1) is 14.6. The standard InChI is InChI=1S/C16H16N6O2/c23-16(20-12-2-1-11-9-19-21-13(11)7-12)14-8-15(18-10-17-14)22-3-5-24-6-4-22/h1-2,7-10H,3-6H2,(H,19,21)(H,20,23). The fourth-order valence-corrected chi connectivity index (χ4v) is 2.65. The lowest BCUT2D eigenvalue weighted by atomic mass is 10.2. The fraction of sp³-hybridized carbons (Fsp3) is 0.250. The SMILES string of the molecule is O=C(Nc1ccc2cn[nH]c2c1)c1cc(N2CCOCC2)ncn1. The Kier molecular flexibility index (Phi) is 3.80. The zero-order valence-corrected chi connectivity index (χ0v) is 12.9. The minimum Gasteiger partial charge on any atom is -0.378 e. The van der Waals surface area contributed by atoms with Crippen molar-refractivity contribution in [1.82, 2.24) is 20.2 Å². The molecule has 2 N–H and O–H groups in total. The van der Waals surface area contributed by atoms with Crippen LogP contribution in [0.5, 0.6) is 0 Å². The van der Waals surface area contributed by atoms with Crippen LogP contribution in [0.4, 0.5) is 11.5 Å². The quantitative estimate of drug-likeness (QED) is 0.757. The number of nitrogens with one attached hydrogen (secondary N) is 2. The maximum absolute atomic E-state index is 12.5. The van der Waals surface area contributed by atoms with E-state index in [-0.39, 0.29) is 5.91 Å². The highest BCUT2D eigenvalue weighted by atomic mass is 16.5. The molecular weight excluding hydrogens is 308 g/mol. The number of H-pyrrole nitrogens is 1. The van der Waals surface area contributed by atoms with Crippen molar-refractivity contribution in [3.63, 3.8) is 0 Å². The first-order valence-electron chi connectivity index (χ1n) is 7.69. The number of benzene rings is 1. The third-order valence-corrected chi connectivity index (χ3v) is 3.92. The molecule has 1 aliphatic rings. The van der Waals surface area contributed by atoms with E-state index >= 15 is 0 Å². The summed E-state index contributed by atoms with van der Waals surface area (Å²) in [5.74, 6) is 0.466. The summed E-state index contributed by atoms with van der Waals surface area (Å²) in [7, 11) is 0. The first-order valence-corrected chi connectivity index (χ1v) is 7.69. The minimum absolute atomic E-state index is 0.272. The van der Waals surface area contributed by atoms with Gasteiger partial charge >= 0.3 is 0 Å². The molecule has 0 unspecified atom stereocenters. The van der Waals surface area contributed by atoms with Crippen LogP contribution in [-0.2, 0) is 4.74 Å². The summed E-state index contributed by atoms with van der Waals surface area (Å²) in [6, 6.07) is 7.27. The molecule has 1 aromatic carbocycles. The summed E-state index contributed by atoms with van der Waals surface area (Å²) >= 11 is 0. The molecule has 8 heteroatoms. The number of hydrogen-bond acceptors (Lipinski definition) is 6. The Balaban J connectivity index is 1.53. The van der Waals surface area contributed by atoms with Gasteiger partial charge in [-0.2, -0.15) is 5.10 Å². The van der Waals surface area contributed by atoms with Gasteiger partial charge in [0, 0.05) is 30.2 Å². The number of aromatic amines is 1. The zero-order chi connectivity index (χ0) is 16.4. The Morgan fingerprint density at radius 3 is 2.96 bits per heavy atom. The highest BCUT2D eigenvalue weighted by molar-refractivity contribution is 6.04. The summed E-state index contributed by atoms with van der Waals surface area (Å²) in [6.07, 6.45) is 3.15. The van der Waals surface area contributed by atoms with Crippen LogP contribution in [0.1, 0.15) is 10.5 Å². The van der Waals surface area contributed by atoms with Crippen molar-refractivity contribution in [3.05, 3.63) is 42.5 Å². The van der Waals surface area contributed by atoms with Crippen LogP contribution >= 0.6 is 0 Å². The van der Waals surface area contributed by atoms with Crippen LogP contribution in [0.15, 0.2) is 36.8 Å². The number of aromatic nitrogens is 4. The van der Waals surface area contributed by atoms with Gasteiger partial charge in [0.2, 0.25) is 0 Å². The molecule has 0 saturated carbocycles. The fourth-order valence-electron chi connectivity index (χ4n) is 2.65. The van der Waals surface area contributed by atoms with Gasteiger partial charge < -0.3 is 15.0 Å². The second-order valence-electron chi connectivity index (χ2n) is 5.49. The number of carbonyl (C=O) groups excluding carboxylic acids is 1. The van der Waals surface area contributed by atoms with E-state index in [1.54, 1.807) is 12.3 Å². The lowest BCUT2D eigenvalue weighted by molar-refractivity contribution is 0.102. The van der Waals surface area contributed by atoms with E-state index in [0.29, 0.717) is 24.6 Å². The van der Waals surface area contributed by atoms with E-state index in [1.807, 2.05) is 18.2 Å².